The Morgan fingerprint density at radius 2 is 1.40 bits per heavy atom. The van der Waals surface area contributed by atoms with Crippen LogP contribution in [0, 0.1) is 0 Å². The second kappa shape index (κ2) is 14.8. The molecule has 1 heterocycles. The van der Waals surface area contributed by atoms with E-state index in [-0.39, 0.29) is 16.9 Å². The third kappa shape index (κ3) is 8.31. The molecule has 0 bridgehead atoms. The number of methoxy groups -OCH3 is 1. The SMILES string of the molecule is COc1ccccc1-c1ccc(/C=C(\NC(=O)c2ccccc2)C(=O)Nc2ccc(S[C@H](C)C(=O)Nc3ccccc3)cc2)o1. The second-order valence-electron chi connectivity index (χ2n) is 9.87. The van der Waals surface area contributed by atoms with E-state index in [0.29, 0.717) is 28.5 Å². The van der Waals surface area contributed by atoms with Crippen molar-refractivity contribution in [1.82, 2.24) is 5.32 Å². The van der Waals surface area contributed by atoms with Crippen molar-refractivity contribution in [3.63, 3.8) is 0 Å². The number of carbonyl (C=O) groups excluding carboxylic acids is 3. The van der Waals surface area contributed by atoms with Crippen molar-refractivity contribution in [3.05, 3.63) is 138 Å². The summed E-state index contributed by atoms with van der Waals surface area (Å²) < 4.78 is 11.5. The first-order valence-corrected chi connectivity index (χ1v) is 15.0. The van der Waals surface area contributed by atoms with Crippen molar-refractivity contribution in [2.45, 2.75) is 17.1 Å². The molecule has 9 heteroatoms. The number of benzene rings is 4. The Labute approximate surface area is 265 Å². The van der Waals surface area contributed by atoms with Gasteiger partial charge in [0.05, 0.1) is 17.9 Å². The molecule has 0 spiro atoms. The van der Waals surface area contributed by atoms with Crippen molar-refractivity contribution < 1.29 is 23.5 Å². The van der Waals surface area contributed by atoms with E-state index in [0.717, 1.165) is 16.1 Å². The highest BCUT2D eigenvalue weighted by Crippen LogP contribution is 2.31. The fourth-order valence-corrected chi connectivity index (χ4v) is 5.21. The lowest BCUT2D eigenvalue weighted by atomic mass is 10.1. The summed E-state index contributed by atoms with van der Waals surface area (Å²) in [5.74, 6) is 0.468. The van der Waals surface area contributed by atoms with Crippen molar-refractivity contribution in [2.24, 2.45) is 0 Å². The van der Waals surface area contributed by atoms with Gasteiger partial charge in [-0.05, 0) is 79.7 Å². The van der Waals surface area contributed by atoms with E-state index < -0.39 is 11.8 Å². The highest BCUT2D eigenvalue weighted by molar-refractivity contribution is 8.00. The molecular formula is C36H31N3O5S. The highest BCUT2D eigenvalue weighted by Gasteiger charge is 2.18. The lowest BCUT2D eigenvalue weighted by Crippen LogP contribution is -2.30. The maximum absolute atomic E-state index is 13.5. The largest absolute Gasteiger partial charge is 0.496 e. The fourth-order valence-electron chi connectivity index (χ4n) is 4.35. The minimum atomic E-state index is -0.537. The molecule has 45 heavy (non-hydrogen) atoms. The molecule has 8 nitrogen and oxygen atoms in total. The first-order chi connectivity index (χ1) is 21.9. The zero-order chi connectivity index (χ0) is 31.6. The van der Waals surface area contributed by atoms with Crippen molar-refractivity contribution in [1.29, 1.82) is 0 Å². The van der Waals surface area contributed by atoms with Gasteiger partial charge >= 0.3 is 0 Å². The molecule has 5 aromatic rings. The van der Waals surface area contributed by atoms with Gasteiger partial charge in [-0.1, -0.05) is 48.5 Å². The molecule has 5 rings (SSSR count). The van der Waals surface area contributed by atoms with E-state index in [1.165, 1.54) is 17.8 Å². The number of rotatable bonds is 11. The van der Waals surface area contributed by atoms with Gasteiger partial charge in [0.1, 0.15) is 23.0 Å². The van der Waals surface area contributed by atoms with Gasteiger partial charge in [0.25, 0.3) is 11.8 Å². The van der Waals surface area contributed by atoms with Crippen LogP contribution in [-0.4, -0.2) is 30.1 Å². The predicted octanol–water partition coefficient (Wildman–Crippen LogP) is 7.48. The van der Waals surface area contributed by atoms with Crippen LogP contribution < -0.4 is 20.7 Å². The molecule has 0 aliphatic rings. The fraction of sp³-hybridized carbons (Fsp3) is 0.0833. The molecule has 0 unspecified atom stereocenters. The number of para-hydroxylation sites is 2. The molecule has 0 fully saturated rings. The summed E-state index contributed by atoms with van der Waals surface area (Å²) in [6, 6.07) is 36.0. The summed E-state index contributed by atoms with van der Waals surface area (Å²) >= 11 is 1.40. The molecule has 0 aliphatic carbocycles. The van der Waals surface area contributed by atoms with Crippen LogP contribution in [0.25, 0.3) is 17.4 Å². The number of amides is 3. The van der Waals surface area contributed by atoms with Crippen LogP contribution in [0.1, 0.15) is 23.0 Å². The van der Waals surface area contributed by atoms with E-state index in [9.17, 15) is 14.4 Å². The number of carbonyl (C=O) groups is 3. The third-order valence-electron chi connectivity index (χ3n) is 6.65. The Kier molecular flexibility index (Phi) is 10.1. The Balaban J connectivity index is 1.31. The van der Waals surface area contributed by atoms with Crippen molar-refractivity contribution >= 4 is 46.9 Å². The van der Waals surface area contributed by atoms with Gasteiger partial charge in [0.15, 0.2) is 0 Å². The summed E-state index contributed by atoms with van der Waals surface area (Å²) in [7, 11) is 1.58. The zero-order valence-electron chi connectivity index (χ0n) is 24.7. The lowest BCUT2D eigenvalue weighted by Gasteiger charge is -2.13. The Bertz CT molecular complexity index is 1800. The minimum Gasteiger partial charge on any atom is -0.496 e. The lowest BCUT2D eigenvalue weighted by molar-refractivity contribution is -0.115. The van der Waals surface area contributed by atoms with E-state index in [1.807, 2.05) is 73.7 Å². The normalized spacial score (nSPS) is 11.7. The molecule has 1 aromatic heterocycles. The van der Waals surface area contributed by atoms with Gasteiger partial charge in [0, 0.05) is 27.9 Å². The zero-order valence-corrected chi connectivity index (χ0v) is 25.5. The van der Waals surface area contributed by atoms with Gasteiger partial charge in [-0.3, -0.25) is 14.4 Å². The number of ether oxygens (including phenoxy) is 1. The summed E-state index contributed by atoms with van der Waals surface area (Å²) in [5, 5.41) is 8.12. The average Bonchev–Trinajstić information content (AvgIpc) is 3.54. The molecule has 3 amide bonds. The Morgan fingerprint density at radius 1 is 0.756 bits per heavy atom. The van der Waals surface area contributed by atoms with E-state index in [2.05, 4.69) is 16.0 Å². The van der Waals surface area contributed by atoms with Crippen LogP contribution in [0.3, 0.4) is 0 Å². The van der Waals surface area contributed by atoms with Crippen LogP contribution in [0.5, 0.6) is 5.75 Å². The Hall–Kier alpha value is -5.54. The van der Waals surface area contributed by atoms with Crippen LogP contribution >= 0.6 is 11.8 Å². The average molecular weight is 618 g/mol. The molecule has 1 atom stereocenters. The molecule has 0 saturated heterocycles. The standard InChI is InChI=1S/C36H31N3O5S/c1-24(34(40)37-26-13-7-4-8-14-26)45-29-20-17-27(18-21-29)38-36(42)31(39-35(41)25-11-5-3-6-12-25)23-28-19-22-33(44-28)30-15-9-10-16-32(30)43-2/h3-24H,1-2H3,(H,37,40)(H,38,42)(H,39,41)/b31-23-/t24-/m1/s1. The van der Waals surface area contributed by atoms with Crippen LogP contribution in [0.2, 0.25) is 0 Å². The molecule has 0 radical (unpaired) electrons. The summed E-state index contributed by atoms with van der Waals surface area (Å²) in [6.07, 6.45) is 1.48. The second-order valence-corrected chi connectivity index (χ2v) is 11.3. The van der Waals surface area contributed by atoms with Gasteiger partial charge in [-0.25, -0.2) is 0 Å². The van der Waals surface area contributed by atoms with Gasteiger partial charge in [-0.15, -0.1) is 11.8 Å². The number of nitrogens with one attached hydrogen (secondary N) is 3. The number of furan rings is 1. The van der Waals surface area contributed by atoms with E-state index >= 15 is 0 Å². The smallest absolute Gasteiger partial charge is 0.272 e. The summed E-state index contributed by atoms with van der Waals surface area (Å²) in [4.78, 5) is 40.0. The number of anilines is 2. The van der Waals surface area contributed by atoms with Gasteiger partial charge in [0.2, 0.25) is 5.91 Å². The first-order valence-electron chi connectivity index (χ1n) is 14.1. The van der Waals surface area contributed by atoms with Crippen molar-refractivity contribution in [3.8, 4) is 17.1 Å². The topological polar surface area (TPSA) is 110 Å². The molecule has 226 valence electrons. The molecule has 0 saturated carbocycles. The van der Waals surface area contributed by atoms with Crippen LogP contribution in [0.15, 0.2) is 136 Å². The Morgan fingerprint density at radius 3 is 2.11 bits per heavy atom. The van der Waals surface area contributed by atoms with E-state index in [4.69, 9.17) is 9.15 Å². The van der Waals surface area contributed by atoms with Crippen molar-refractivity contribution in [2.75, 3.05) is 17.7 Å². The van der Waals surface area contributed by atoms with Crippen LogP contribution in [-0.2, 0) is 9.59 Å². The first kappa shape index (κ1) is 30.9. The van der Waals surface area contributed by atoms with E-state index in [1.54, 1.807) is 61.7 Å². The molecular weight excluding hydrogens is 586 g/mol. The molecule has 3 N–H and O–H groups in total. The summed E-state index contributed by atoms with van der Waals surface area (Å²) in [5.41, 5.74) is 2.40. The monoisotopic (exact) mass is 617 g/mol. The third-order valence-corrected chi connectivity index (χ3v) is 7.76. The summed E-state index contributed by atoms with van der Waals surface area (Å²) in [6.45, 7) is 1.83. The number of hydrogen-bond acceptors (Lipinski definition) is 6. The molecule has 0 aliphatic heterocycles. The van der Waals surface area contributed by atoms with Gasteiger partial charge < -0.3 is 25.1 Å². The molecule has 4 aromatic carbocycles. The van der Waals surface area contributed by atoms with Crippen LogP contribution in [0.4, 0.5) is 11.4 Å². The number of hydrogen-bond donors (Lipinski definition) is 3. The highest BCUT2D eigenvalue weighted by atomic mass is 32.2. The maximum Gasteiger partial charge on any atom is 0.272 e. The van der Waals surface area contributed by atoms with Gasteiger partial charge in [-0.2, -0.15) is 0 Å². The maximum atomic E-state index is 13.5. The number of thioether (sulfide) groups is 1. The predicted molar refractivity (Wildman–Crippen MR) is 178 cm³/mol. The minimum absolute atomic E-state index is 0.00515. The quantitative estimate of drug-likeness (QED) is 0.105.